The maximum Gasteiger partial charge on any atom is 0.263 e. The SMILES string of the molecule is CS(=O)(=O)N1CCN(S(=O)(=O)c2ccc(-c3ccc(O)c(F)c3)s2)[C@@H](C(=O)NO)C1. The first-order valence-electron chi connectivity index (χ1n) is 8.45. The molecular weight excluding hydrogens is 461 g/mol. The molecule has 1 aromatic heterocycles. The predicted molar refractivity (Wildman–Crippen MR) is 105 cm³/mol. The Morgan fingerprint density at radius 3 is 2.50 bits per heavy atom. The summed E-state index contributed by atoms with van der Waals surface area (Å²) in [5, 5.41) is 18.3. The predicted octanol–water partition coefficient (Wildman–Crippen LogP) is 0.400. The molecule has 3 N–H and O–H groups in total. The maximum absolute atomic E-state index is 13.6. The number of nitrogens with zero attached hydrogens (tertiary/aromatic N) is 2. The highest BCUT2D eigenvalue weighted by Crippen LogP contribution is 2.35. The molecule has 1 atom stereocenters. The molecule has 10 nitrogen and oxygen atoms in total. The molecule has 1 aliphatic heterocycles. The van der Waals surface area contributed by atoms with Crippen LogP contribution in [0.5, 0.6) is 5.75 Å². The Hall–Kier alpha value is -2.10. The Morgan fingerprint density at radius 1 is 1.20 bits per heavy atom. The van der Waals surface area contributed by atoms with E-state index in [2.05, 4.69) is 0 Å². The van der Waals surface area contributed by atoms with E-state index in [9.17, 15) is 31.1 Å². The number of aromatic hydroxyl groups is 1. The number of thiophene rings is 1. The number of carbonyl (C=O) groups excluding carboxylic acids is 1. The van der Waals surface area contributed by atoms with Crippen molar-refractivity contribution in [1.29, 1.82) is 0 Å². The Morgan fingerprint density at radius 2 is 1.90 bits per heavy atom. The van der Waals surface area contributed by atoms with Crippen molar-refractivity contribution in [2.75, 3.05) is 25.9 Å². The molecule has 2 heterocycles. The summed E-state index contributed by atoms with van der Waals surface area (Å²) in [7, 11) is -7.90. The number of hydrogen-bond donors (Lipinski definition) is 3. The molecule has 1 aliphatic rings. The molecule has 30 heavy (non-hydrogen) atoms. The van der Waals surface area contributed by atoms with Gasteiger partial charge in [0.05, 0.1) is 6.26 Å². The van der Waals surface area contributed by atoms with Crippen LogP contribution in [0, 0.1) is 5.82 Å². The van der Waals surface area contributed by atoms with Gasteiger partial charge in [0.15, 0.2) is 11.6 Å². The van der Waals surface area contributed by atoms with Crippen molar-refractivity contribution in [1.82, 2.24) is 14.1 Å². The Kier molecular flexibility index (Phi) is 6.18. The minimum absolute atomic E-state index is 0.144. The molecule has 1 aromatic carbocycles. The van der Waals surface area contributed by atoms with Gasteiger partial charge in [0.2, 0.25) is 10.0 Å². The second-order valence-electron chi connectivity index (χ2n) is 6.51. The maximum atomic E-state index is 13.6. The molecule has 0 aliphatic carbocycles. The molecule has 1 saturated heterocycles. The number of hydrogen-bond acceptors (Lipinski definition) is 8. The van der Waals surface area contributed by atoms with Crippen LogP contribution < -0.4 is 5.48 Å². The molecule has 0 bridgehead atoms. The van der Waals surface area contributed by atoms with Crippen LogP contribution in [0.15, 0.2) is 34.5 Å². The van der Waals surface area contributed by atoms with E-state index in [1.54, 1.807) is 0 Å². The quantitative estimate of drug-likeness (QED) is 0.416. The lowest BCUT2D eigenvalue weighted by Crippen LogP contribution is -2.60. The number of amides is 1. The third-order valence-corrected chi connectivity index (χ3v) is 9.33. The normalized spacial score (nSPS) is 19.0. The Labute approximate surface area is 176 Å². The summed E-state index contributed by atoms with van der Waals surface area (Å²) in [6.07, 6.45) is 0.938. The van der Waals surface area contributed by atoms with Gasteiger partial charge in [0.1, 0.15) is 10.3 Å². The van der Waals surface area contributed by atoms with Crippen molar-refractivity contribution in [3.05, 3.63) is 36.1 Å². The second-order valence-corrected chi connectivity index (χ2v) is 11.7. The number of rotatable bonds is 5. The van der Waals surface area contributed by atoms with Gasteiger partial charge in [-0.1, -0.05) is 0 Å². The zero-order valence-electron chi connectivity index (χ0n) is 15.5. The average molecular weight is 480 g/mol. The number of halogens is 1. The first kappa shape index (κ1) is 22.6. The summed E-state index contributed by atoms with van der Waals surface area (Å²) in [4.78, 5) is 12.5. The number of piperazine rings is 1. The van der Waals surface area contributed by atoms with Crippen LogP contribution in [0.1, 0.15) is 0 Å². The van der Waals surface area contributed by atoms with Gasteiger partial charge in [-0.25, -0.2) is 26.7 Å². The summed E-state index contributed by atoms with van der Waals surface area (Å²) in [5.41, 5.74) is 1.72. The van der Waals surface area contributed by atoms with Crippen molar-refractivity contribution < 1.29 is 36.3 Å². The number of carbonyl (C=O) groups is 1. The minimum Gasteiger partial charge on any atom is -0.505 e. The van der Waals surface area contributed by atoms with Gasteiger partial charge in [-0.05, 0) is 35.9 Å². The summed E-state index contributed by atoms with van der Waals surface area (Å²) in [5.74, 6) is -2.46. The first-order valence-corrected chi connectivity index (χ1v) is 12.6. The van der Waals surface area contributed by atoms with Gasteiger partial charge in [0, 0.05) is 24.5 Å². The number of sulfonamides is 2. The molecule has 1 fully saturated rings. The van der Waals surface area contributed by atoms with E-state index < -0.39 is 50.1 Å². The van der Waals surface area contributed by atoms with E-state index in [1.165, 1.54) is 23.7 Å². The highest BCUT2D eigenvalue weighted by Gasteiger charge is 2.42. The molecule has 164 valence electrons. The van der Waals surface area contributed by atoms with Gasteiger partial charge < -0.3 is 5.11 Å². The minimum atomic E-state index is -4.23. The van der Waals surface area contributed by atoms with E-state index >= 15 is 0 Å². The standard InChI is InChI=1S/C16H18FN3O7S3/c1-29(24,25)19-6-7-20(12(9-19)16(22)18-23)30(26,27)15-5-4-14(28-15)10-2-3-13(21)11(17)8-10/h2-5,8,12,21,23H,6-7,9H2,1H3,(H,18,22)/t12-/m1/s1. The Balaban J connectivity index is 1.94. The zero-order valence-corrected chi connectivity index (χ0v) is 18.0. The molecule has 0 unspecified atom stereocenters. The number of phenolic OH excluding ortho intramolecular Hbond substituents is 1. The van der Waals surface area contributed by atoms with E-state index in [1.807, 2.05) is 0 Å². The van der Waals surface area contributed by atoms with Crippen LogP contribution in [0.2, 0.25) is 0 Å². The lowest BCUT2D eigenvalue weighted by atomic mass is 10.2. The smallest absolute Gasteiger partial charge is 0.263 e. The number of nitrogens with one attached hydrogen (secondary N) is 1. The summed E-state index contributed by atoms with van der Waals surface area (Å²) in [6.45, 7) is -0.908. The largest absolute Gasteiger partial charge is 0.505 e. The van der Waals surface area contributed by atoms with Gasteiger partial charge in [-0.15, -0.1) is 11.3 Å². The molecule has 0 radical (unpaired) electrons. The van der Waals surface area contributed by atoms with Crippen LogP contribution >= 0.6 is 11.3 Å². The number of phenols is 1. The molecule has 2 aromatic rings. The molecule has 14 heteroatoms. The molecule has 3 rings (SSSR count). The molecule has 1 amide bonds. The molecule has 0 spiro atoms. The lowest BCUT2D eigenvalue weighted by molar-refractivity contribution is -0.134. The van der Waals surface area contributed by atoms with Crippen molar-refractivity contribution in [2.45, 2.75) is 10.3 Å². The fourth-order valence-corrected chi connectivity index (χ4v) is 6.84. The highest BCUT2D eigenvalue weighted by atomic mass is 32.2. The van der Waals surface area contributed by atoms with Crippen molar-refractivity contribution >= 4 is 37.3 Å². The second kappa shape index (κ2) is 8.20. The van der Waals surface area contributed by atoms with Crippen molar-refractivity contribution in [3.8, 4) is 16.2 Å². The van der Waals surface area contributed by atoms with E-state index in [4.69, 9.17) is 5.21 Å². The van der Waals surface area contributed by atoms with E-state index in [-0.39, 0.29) is 17.3 Å². The zero-order chi connectivity index (χ0) is 22.3. The summed E-state index contributed by atoms with van der Waals surface area (Å²) in [6, 6.07) is 4.90. The number of hydroxylamine groups is 1. The molecular formula is C16H18FN3O7S3. The van der Waals surface area contributed by atoms with Crippen LogP contribution in [0.25, 0.3) is 10.4 Å². The van der Waals surface area contributed by atoms with E-state index in [0.717, 1.165) is 38.3 Å². The average Bonchev–Trinajstić information content (AvgIpc) is 3.19. The Bertz CT molecular complexity index is 1180. The fourth-order valence-electron chi connectivity index (χ4n) is 3.01. The highest BCUT2D eigenvalue weighted by molar-refractivity contribution is 7.91. The van der Waals surface area contributed by atoms with Gasteiger partial charge in [-0.3, -0.25) is 10.0 Å². The summed E-state index contributed by atoms with van der Waals surface area (Å²) >= 11 is 0.825. The van der Waals surface area contributed by atoms with Crippen LogP contribution in [-0.2, 0) is 24.8 Å². The topological polar surface area (TPSA) is 144 Å². The van der Waals surface area contributed by atoms with Gasteiger partial charge in [-0.2, -0.15) is 8.61 Å². The number of benzene rings is 1. The van der Waals surface area contributed by atoms with Crippen molar-refractivity contribution in [2.24, 2.45) is 0 Å². The van der Waals surface area contributed by atoms with Crippen molar-refractivity contribution in [3.63, 3.8) is 0 Å². The lowest BCUT2D eigenvalue weighted by Gasteiger charge is -2.37. The molecule has 0 saturated carbocycles. The third-order valence-electron chi connectivity index (χ3n) is 4.55. The van der Waals surface area contributed by atoms with E-state index in [0.29, 0.717) is 10.4 Å². The van der Waals surface area contributed by atoms with Crippen LogP contribution in [-0.4, -0.2) is 73.6 Å². The van der Waals surface area contributed by atoms with Gasteiger partial charge in [0.25, 0.3) is 15.9 Å². The fraction of sp³-hybridized carbons (Fsp3) is 0.312. The van der Waals surface area contributed by atoms with Gasteiger partial charge >= 0.3 is 0 Å². The first-order chi connectivity index (χ1) is 13.9. The monoisotopic (exact) mass is 479 g/mol. The summed E-state index contributed by atoms with van der Waals surface area (Å²) < 4.78 is 65.1. The van der Waals surface area contributed by atoms with Crippen LogP contribution in [0.4, 0.5) is 4.39 Å². The third kappa shape index (κ3) is 4.33. The van der Waals surface area contributed by atoms with Crippen LogP contribution in [0.3, 0.4) is 0 Å².